The van der Waals surface area contributed by atoms with Crippen molar-refractivity contribution in [3.8, 4) is 0 Å². The van der Waals surface area contributed by atoms with Gasteiger partial charge >= 0.3 is 0 Å². The number of halogens is 1. The molecule has 0 radical (unpaired) electrons. The van der Waals surface area contributed by atoms with E-state index in [-0.39, 0.29) is 23.7 Å². The number of nitrogens with zero attached hydrogens (tertiary/aromatic N) is 2. The van der Waals surface area contributed by atoms with Crippen molar-refractivity contribution in [3.05, 3.63) is 71.0 Å². The Morgan fingerprint density at radius 1 is 1.19 bits per heavy atom. The van der Waals surface area contributed by atoms with E-state index in [0.29, 0.717) is 6.04 Å². The van der Waals surface area contributed by atoms with Gasteiger partial charge in [-0.1, -0.05) is 42.0 Å². The van der Waals surface area contributed by atoms with Crippen LogP contribution < -0.4 is 0 Å². The number of carbonyl (C=O) groups excluding carboxylic acids is 1. The molecule has 2 aromatic carbocycles. The van der Waals surface area contributed by atoms with Gasteiger partial charge in [0.2, 0.25) is 5.91 Å². The molecule has 4 rings (SSSR count). The summed E-state index contributed by atoms with van der Waals surface area (Å²) in [6.45, 7) is 6.42. The third-order valence-electron chi connectivity index (χ3n) is 6.14. The number of hydrogen-bond donors (Lipinski definition) is 0. The van der Waals surface area contributed by atoms with E-state index < -0.39 is 0 Å². The molecule has 4 heteroatoms. The van der Waals surface area contributed by atoms with Crippen molar-refractivity contribution in [3.63, 3.8) is 0 Å². The molecule has 2 heterocycles. The predicted octanol–water partition coefficient (Wildman–Crippen LogP) is 4.11. The number of benzene rings is 2. The molecule has 3 atom stereocenters. The quantitative estimate of drug-likeness (QED) is 0.816. The minimum atomic E-state index is -0.211. The number of rotatable bonds is 3. The second-order valence-corrected chi connectivity index (χ2v) is 7.99. The van der Waals surface area contributed by atoms with Crippen LogP contribution in [-0.2, 0) is 11.3 Å². The highest BCUT2D eigenvalue weighted by Crippen LogP contribution is 2.40. The van der Waals surface area contributed by atoms with Gasteiger partial charge in [-0.2, -0.15) is 0 Å². The van der Waals surface area contributed by atoms with Crippen LogP contribution in [0.2, 0.25) is 0 Å². The maximum Gasteiger partial charge on any atom is 0.219 e. The number of fused-ring (bicyclic) bond motifs is 1. The fourth-order valence-electron chi connectivity index (χ4n) is 4.99. The second kappa shape index (κ2) is 7.43. The topological polar surface area (TPSA) is 23.6 Å². The summed E-state index contributed by atoms with van der Waals surface area (Å²) in [5.74, 6) is 0.163. The molecule has 0 spiro atoms. The zero-order chi connectivity index (χ0) is 19.0. The highest BCUT2D eigenvalue weighted by Gasteiger charge is 2.47. The van der Waals surface area contributed by atoms with Gasteiger partial charge in [0.1, 0.15) is 5.82 Å². The van der Waals surface area contributed by atoms with Crippen LogP contribution in [0.5, 0.6) is 0 Å². The average molecular weight is 366 g/mol. The Balaban J connectivity index is 1.66. The Hall–Kier alpha value is -2.20. The maximum atomic E-state index is 13.4. The van der Waals surface area contributed by atoms with Gasteiger partial charge in [0.25, 0.3) is 0 Å². The van der Waals surface area contributed by atoms with E-state index in [0.717, 1.165) is 38.0 Å². The first-order valence-corrected chi connectivity index (χ1v) is 9.85. The lowest BCUT2D eigenvalue weighted by molar-refractivity contribution is -0.133. The van der Waals surface area contributed by atoms with E-state index in [1.54, 1.807) is 6.92 Å². The zero-order valence-corrected chi connectivity index (χ0v) is 16.1. The molecular weight excluding hydrogens is 339 g/mol. The number of amides is 1. The van der Waals surface area contributed by atoms with Crippen LogP contribution in [0, 0.1) is 12.7 Å². The van der Waals surface area contributed by atoms with Gasteiger partial charge in [-0.25, -0.2) is 4.39 Å². The first kappa shape index (κ1) is 18.2. The highest BCUT2D eigenvalue weighted by atomic mass is 19.1. The van der Waals surface area contributed by atoms with Gasteiger partial charge in [0, 0.05) is 38.5 Å². The van der Waals surface area contributed by atoms with Crippen molar-refractivity contribution in [2.24, 2.45) is 0 Å². The molecule has 0 saturated carbocycles. The normalized spacial score (nSPS) is 25.4. The number of likely N-dealkylation sites (tertiary alicyclic amines) is 2. The maximum absolute atomic E-state index is 13.4. The van der Waals surface area contributed by atoms with Crippen molar-refractivity contribution < 1.29 is 9.18 Å². The first-order valence-electron chi connectivity index (χ1n) is 9.85. The van der Waals surface area contributed by atoms with Crippen LogP contribution >= 0.6 is 0 Å². The molecule has 2 saturated heterocycles. The molecular formula is C23H27FN2O. The predicted molar refractivity (Wildman–Crippen MR) is 105 cm³/mol. The molecule has 2 fully saturated rings. The lowest BCUT2D eigenvalue weighted by Gasteiger charge is -2.41. The Morgan fingerprint density at radius 2 is 1.96 bits per heavy atom. The third-order valence-corrected chi connectivity index (χ3v) is 6.14. The molecule has 2 aliphatic heterocycles. The number of hydrogen-bond acceptors (Lipinski definition) is 2. The molecule has 0 aliphatic carbocycles. The zero-order valence-electron chi connectivity index (χ0n) is 16.1. The van der Waals surface area contributed by atoms with Crippen molar-refractivity contribution >= 4 is 5.91 Å². The van der Waals surface area contributed by atoms with Crippen LogP contribution in [0.4, 0.5) is 4.39 Å². The van der Waals surface area contributed by atoms with Crippen LogP contribution in [-0.4, -0.2) is 40.9 Å². The van der Waals surface area contributed by atoms with E-state index in [1.165, 1.54) is 23.3 Å². The fraction of sp³-hybridized carbons (Fsp3) is 0.435. The molecule has 0 N–H and O–H groups in total. The van der Waals surface area contributed by atoms with Crippen molar-refractivity contribution in [1.82, 2.24) is 9.80 Å². The van der Waals surface area contributed by atoms with Gasteiger partial charge in [-0.3, -0.25) is 9.69 Å². The van der Waals surface area contributed by atoms with Gasteiger partial charge in [0.15, 0.2) is 0 Å². The summed E-state index contributed by atoms with van der Waals surface area (Å²) >= 11 is 0. The summed E-state index contributed by atoms with van der Waals surface area (Å²) in [5, 5.41) is 0. The monoisotopic (exact) mass is 366 g/mol. The number of aryl methyl sites for hydroxylation is 1. The second-order valence-electron chi connectivity index (χ2n) is 7.99. The van der Waals surface area contributed by atoms with Crippen molar-refractivity contribution in [2.45, 2.75) is 51.2 Å². The van der Waals surface area contributed by atoms with Gasteiger partial charge in [0.05, 0.1) is 6.04 Å². The largest absolute Gasteiger partial charge is 0.338 e. The van der Waals surface area contributed by atoms with Crippen molar-refractivity contribution in [1.29, 1.82) is 0 Å². The molecule has 3 nitrogen and oxygen atoms in total. The Kier molecular flexibility index (Phi) is 5.00. The minimum Gasteiger partial charge on any atom is -0.338 e. The van der Waals surface area contributed by atoms with E-state index in [2.05, 4.69) is 41.0 Å². The Bertz CT molecular complexity index is 819. The van der Waals surface area contributed by atoms with Crippen LogP contribution in [0.25, 0.3) is 0 Å². The summed E-state index contributed by atoms with van der Waals surface area (Å²) in [6, 6.07) is 16.0. The summed E-state index contributed by atoms with van der Waals surface area (Å²) in [5.41, 5.74) is 3.71. The van der Waals surface area contributed by atoms with Crippen molar-refractivity contribution in [2.75, 3.05) is 13.1 Å². The molecule has 2 aromatic rings. The lowest BCUT2D eigenvalue weighted by atomic mass is 9.86. The van der Waals surface area contributed by atoms with Gasteiger partial charge in [-0.15, -0.1) is 0 Å². The summed E-state index contributed by atoms with van der Waals surface area (Å²) in [4.78, 5) is 16.9. The molecule has 0 aromatic heterocycles. The molecule has 27 heavy (non-hydrogen) atoms. The lowest BCUT2D eigenvalue weighted by Crippen LogP contribution is -2.52. The first-order chi connectivity index (χ1) is 13.0. The highest BCUT2D eigenvalue weighted by molar-refractivity contribution is 5.74. The third kappa shape index (κ3) is 3.63. The summed E-state index contributed by atoms with van der Waals surface area (Å²) in [7, 11) is 0. The van der Waals surface area contributed by atoms with Crippen LogP contribution in [0.3, 0.4) is 0 Å². The SMILES string of the molecule is CC(=O)N1CCC[C@@H]2[C@H]1[C@@H](c1ccc(F)cc1)CN2Cc1cccc(C)c1. The molecule has 0 unspecified atom stereocenters. The average Bonchev–Trinajstić information content (AvgIpc) is 3.01. The standard InChI is InChI=1S/C23H27FN2O/c1-16-5-3-6-18(13-16)14-25-15-21(19-8-10-20(24)11-9-19)23-22(25)7-4-12-26(23)17(2)27/h3,5-6,8-11,13,21-23H,4,7,12,14-15H2,1-2H3/t21-,22-,23-/m1/s1. The molecule has 2 aliphatic rings. The van der Waals surface area contributed by atoms with Gasteiger partial charge < -0.3 is 4.90 Å². The fourth-order valence-corrected chi connectivity index (χ4v) is 4.99. The van der Waals surface area contributed by atoms with E-state index >= 15 is 0 Å². The van der Waals surface area contributed by atoms with Crippen LogP contribution in [0.15, 0.2) is 48.5 Å². The molecule has 142 valence electrons. The van der Waals surface area contributed by atoms with E-state index in [9.17, 15) is 9.18 Å². The van der Waals surface area contributed by atoms with Crippen LogP contribution in [0.1, 0.15) is 42.4 Å². The van der Waals surface area contributed by atoms with E-state index in [1.807, 2.05) is 12.1 Å². The molecule has 1 amide bonds. The Labute approximate surface area is 160 Å². The number of carbonyl (C=O) groups is 1. The summed E-state index contributed by atoms with van der Waals surface area (Å²) in [6.07, 6.45) is 2.15. The smallest absolute Gasteiger partial charge is 0.219 e. The van der Waals surface area contributed by atoms with E-state index in [4.69, 9.17) is 0 Å². The summed E-state index contributed by atoms with van der Waals surface area (Å²) < 4.78 is 13.4. The molecule has 0 bridgehead atoms. The minimum absolute atomic E-state index is 0.147. The Morgan fingerprint density at radius 3 is 2.67 bits per heavy atom. The number of piperidine rings is 1. The van der Waals surface area contributed by atoms with Gasteiger partial charge in [-0.05, 0) is 43.0 Å².